The van der Waals surface area contributed by atoms with Gasteiger partial charge in [-0.25, -0.2) is 4.79 Å². The van der Waals surface area contributed by atoms with E-state index in [1.165, 1.54) is 11.6 Å². The van der Waals surface area contributed by atoms with Crippen molar-refractivity contribution in [1.82, 2.24) is 0 Å². The summed E-state index contributed by atoms with van der Waals surface area (Å²) >= 11 is 0. The van der Waals surface area contributed by atoms with Crippen LogP contribution in [0.3, 0.4) is 0 Å². The van der Waals surface area contributed by atoms with Gasteiger partial charge in [-0.3, -0.25) is 0 Å². The molecule has 0 saturated carbocycles. The minimum absolute atomic E-state index is 0.0810. The van der Waals surface area contributed by atoms with Gasteiger partial charge in [0.05, 0.1) is 0 Å². The molecule has 0 aliphatic carbocycles. The third kappa shape index (κ3) is 4.82. The van der Waals surface area contributed by atoms with Gasteiger partial charge in [0.1, 0.15) is 5.75 Å². The summed E-state index contributed by atoms with van der Waals surface area (Å²) in [6.45, 7) is 10.4. The minimum atomic E-state index is -0.361. The highest BCUT2D eigenvalue weighted by Crippen LogP contribution is 2.32. The van der Waals surface area contributed by atoms with Crippen LogP contribution >= 0.6 is 0 Å². The Bertz CT molecular complexity index is 716. The Morgan fingerprint density at radius 3 is 2.17 bits per heavy atom. The molecular weight excluding hydrogens is 284 g/mol. The summed E-state index contributed by atoms with van der Waals surface area (Å²) in [5.41, 5.74) is 4.29. The van der Waals surface area contributed by atoms with Gasteiger partial charge in [0.25, 0.3) is 0 Å². The van der Waals surface area contributed by atoms with Crippen LogP contribution in [-0.2, 0) is 10.2 Å². The Hall–Kier alpha value is -2.35. The molecular formula is C21H24O2. The average Bonchev–Trinajstić information content (AvgIpc) is 2.47. The minimum Gasteiger partial charge on any atom is -0.423 e. The molecule has 2 aromatic carbocycles. The summed E-state index contributed by atoms with van der Waals surface area (Å²) in [7, 11) is 0. The number of carbonyl (C=O) groups is 1. The number of aryl methyl sites for hydroxylation is 2. The van der Waals surface area contributed by atoms with E-state index in [0.717, 1.165) is 16.7 Å². The molecule has 0 radical (unpaired) electrons. The van der Waals surface area contributed by atoms with E-state index in [9.17, 15) is 4.79 Å². The van der Waals surface area contributed by atoms with Crippen molar-refractivity contribution in [2.24, 2.45) is 0 Å². The summed E-state index contributed by atoms with van der Waals surface area (Å²) in [5.74, 6) is 0.265. The van der Waals surface area contributed by atoms with Crippen molar-refractivity contribution in [1.29, 1.82) is 0 Å². The highest BCUT2D eigenvalue weighted by Gasteiger charge is 2.20. The van der Waals surface area contributed by atoms with E-state index in [0.29, 0.717) is 5.75 Å². The molecule has 120 valence electrons. The molecule has 2 nitrogen and oxygen atoms in total. The lowest BCUT2D eigenvalue weighted by atomic mass is 9.85. The van der Waals surface area contributed by atoms with Crippen molar-refractivity contribution in [2.75, 3.05) is 0 Å². The number of hydrogen-bond acceptors (Lipinski definition) is 2. The Morgan fingerprint density at radius 2 is 1.57 bits per heavy atom. The van der Waals surface area contributed by atoms with E-state index in [1.54, 1.807) is 6.08 Å². The summed E-state index contributed by atoms with van der Waals surface area (Å²) in [4.78, 5) is 12.1. The molecule has 0 N–H and O–H groups in total. The van der Waals surface area contributed by atoms with Gasteiger partial charge in [-0.05, 0) is 37.0 Å². The second-order valence-corrected chi connectivity index (χ2v) is 6.91. The van der Waals surface area contributed by atoms with E-state index in [2.05, 4.69) is 26.8 Å². The van der Waals surface area contributed by atoms with E-state index in [-0.39, 0.29) is 11.4 Å². The molecule has 23 heavy (non-hydrogen) atoms. The topological polar surface area (TPSA) is 26.3 Å². The first-order chi connectivity index (χ1) is 10.8. The number of carbonyl (C=O) groups excluding carboxylic acids is 1. The molecule has 0 saturated heterocycles. The number of rotatable bonds is 3. The van der Waals surface area contributed by atoms with Crippen molar-refractivity contribution >= 4 is 12.0 Å². The molecule has 0 aliphatic rings. The molecule has 2 rings (SSSR count). The maximum atomic E-state index is 12.1. The van der Waals surface area contributed by atoms with Gasteiger partial charge in [-0.2, -0.15) is 0 Å². The first-order valence-electron chi connectivity index (χ1n) is 7.83. The molecule has 0 aromatic heterocycles. The zero-order valence-corrected chi connectivity index (χ0v) is 14.5. The molecule has 2 aromatic rings. The van der Waals surface area contributed by atoms with Gasteiger partial charge in [0, 0.05) is 11.6 Å². The number of benzene rings is 2. The fourth-order valence-corrected chi connectivity index (χ4v) is 2.30. The van der Waals surface area contributed by atoms with Crippen molar-refractivity contribution in [2.45, 2.75) is 40.0 Å². The van der Waals surface area contributed by atoms with Crippen LogP contribution in [0.2, 0.25) is 0 Å². The zero-order chi connectivity index (χ0) is 17.0. The maximum absolute atomic E-state index is 12.1. The molecule has 0 spiro atoms. The van der Waals surface area contributed by atoms with E-state index < -0.39 is 0 Å². The predicted octanol–water partition coefficient (Wildman–Crippen LogP) is 5.22. The van der Waals surface area contributed by atoms with Crippen LogP contribution in [0, 0.1) is 13.8 Å². The van der Waals surface area contributed by atoms with Gasteiger partial charge < -0.3 is 4.74 Å². The van der Waals surface area contributed by atoms with E-state index >= 15 is 0 Å². The first kappa shape index (κ1) is 17.0. The Kier molecular flexibility index (Phi) is 5.05. The smallest absolute Gasteiger partial charge is 0.336 e. The van der Waals surface area contributed by atoms with Gasteiger partial charge in [0.15, 0.2) is 0 Å². The molecule has 0 amide bonds. The van der Waals surface area contributed by atoms with Crippen LogP contribution in [-0.4, -0.2) is 5.97 Å². The van der Waals surface area contributed by atoms with Crippen LogP contribution < -0.4 is 4.74 Å². The Labute approximate surface area is 138 Å². The molecule has 2 heteroatoms. The van der Waals surface area contributed by atoms with Crippen LogP contribution in [0.4, 0.5) is 0 Å². The highest BCUT2D eigenvalue weighted by atomic mass is 16.5. The normalized spacial score (nSPS) is 11.7. The van der Waals surface area contributed by atoms with Crippen molar-refractivity contribution in [3.63, 3.8) is 0 Å². The summed E-state index contributed by atoms with van der Waals surface area (Å²) in [5, 5.41) is 0. The quantitative estimate of drug-likeness (QED) is 0.441. The standard InChI is InChI=1S/C21H24O2/c1-15-6-9-17(10-7-15)11-13-20(22)23-19-12-8-16(2)14-18(19)21(3,4)5/h6-14H,1-5H3. The maximum Gasteiger partial charge on any atom is 0.336 e. The third-order valence-electron chi connectivity index (χ3n) is 3.64. The summed E-state index contributed by atoms with van der Waals surface area (Å²) in [6, 6.07) is 13.9. The second kappa shape index (κ2) is 6.82. The average molecular weight is 308 g/mol. The van der Waals surface area contributed by atoms with Gasteiger partial charge in [-0.15, -0.1) is 0 Å². The fourth-order valence-electron chi connectivity index (χ4n) is 2.30. The van der Waals surface area contributed by atoms with Gasteiger partial charge in [0.2, 0.25) is 0 Å². The lowest BCUT2D eigenvalue weighted by Gasteiger charge is -2.22. The van der Waals surface area contributed by atoms with Crippen LogP contribution in [0.15, 0.2) is 48.5 Å². The Morgan fingerprint density at radius 1 is 0.957 bits per heavy atom. The number of ether oxygens (including phenoxy) is 1. The third-order valence-corrected chi connectivity index (χ3v) is 3.64. The molecule has 0 aliphatic heterocycles. The van der Waals surface area contributed by atoms with Crippen molar-refractivity contribution < 1.29 is 9.53 Å². The van der Waals surface area contributed by atoms with Crippen LogP contribution in [0.1, 0.15) is 43.0 Å². The first-order valence-corrected chi connectivity index (χ1v) is 7.83. The van der Waals surface area contributed by atoms with E-state index in [1.807, 2.05) is 50.2 Å². The predicted molar refractivity (Wildman–Crippen MR) is 95.7 cm³/mol. The SMILES string of the molecule is Cc1ccc(C=CC(=O)Oc2ccc(C)cc2C(C)(C)C)cc1. The van der Waals surface area contributed by atoms with Crippen LogP contribution in [0.25, 0.3) is 6.08 Å². The summed E-state index contributed by atoms with van der Waals surface area (Å²) < 4.78 is 5.55. The monoisotopic (exact) mass is 308 g/mol. The number of hydrogen-bond donors (Lipinski definition) is 0. The molecule has 0 fully saturated rings. The lowest BCUT2D eigenvalue weighted by molar-refractivity contribution is -0.128. The van der Waals surface area contributed by atoms with E-state index in [4.69, 9.17) is 4.74 Å². The van der Waals surface area contributed by atoms with Gasteiger partial charge in [-0.1, -0.05) is 68.3 Å². The highest BCUT2D eigenvalue weighted by molar-refractivity contribution is 5.88. The summed E-state index contributed by atoms with van der Waals surface area (Å²) in [6.07, 6.45) is 3.24. The Balaban J connectivity index is 2.16. The fraction of sp³-hybridized carbons (Fsp3) is 0.286. The van der Waals surface area contributed by atoms with Crippen molar-refractivity contribution in [3.05, 3.63) is 70.8 Å². The van der Waals surface area contributed by atoms with Crippen molar-refractivity contribution in [3.8, 4) is 5.75 Å². The largest absolute Gasteiger partial charge is 0.423 e. The lowest BCUT2D eigenvalue weighted by Crippen LogP contribution is -2.15. The van der Waals surface area contributed by atoms with Gasteiger partial charge >= 0.3 is 5.97 Å². The molecule has 0 heterocycles. The molecule has 0 atom stereocenters. The molecule has 0 unspecified atom stereocenters. The van der Waals surface area contributed by atoms with Crippen LogP contribution in [0.5, 0.6) is 5.75 Å². The number of esters is 1. The second-order valence-electron chi connectivity index (χ2n) is 6.91. The molecule has 0 bridgehead atoms. The zero-order valence-electron chi connectivity index (χ0n) is 14.5.